The number of imidazole rings is 1. The van der Waals surface area contributed by atoms with E-state index in [0.717, 1.165) is 62.3 Å². The lowest BCUT2D eigenvalue weighted by atomic mass is 9.99. The van der Waals surface area contributed by atoms with Crippen LogP contribution in [0.25, 0.3) is 11.1 Å². The van der Waals surface area contributed by atoms with Gasteiger partial charge in [0, 0.05) is 34.9 Å². The smallest absolute Gasteiger partial charge is 0.255 e. The summed E-state index contributed by atoms with van der Waals surface area (Å²) in [6.07, 6.45) is 7.12. The maximum absolute atomic E-state index is 15.6. The third-order valence-electron chi connectivity index (χ3n) is 8.06. The monoisotopic (exact) mass is 608 g/mol. The Labute approximate surface area is 252 Å². The van der Waals surface area contributed by atoms with E-state index in [2.05, 4.69) is 20.6 Å². The van der Waals surface area contributed by atoms with Crippen molar-refractivity contribution in [2.24, 2.45) is 0 Å². The highest BCUT2D eigenvalue weighted by Crippen LogP contribution is 2.38. The minimum atomic E-state index is -1.01. The van der Waals surface area contributed by atoms with Gasteiger partial charge in [-0.15, -0.1) is 23.7 Å². The molecule has 3 aliphatic rings. The van der Waals surface area contributed by atoms with Crippen LogP contribution in [-0.2, 0) is 24.3 Å². The molecule has 1 atom stereocenters. The SMILES string of the molecule is Cl.O=C(Nc1nccs1)C(c1ncn2c1CCC2)N1Cc2c(F)cc(-c3ccc(OC4CCNCC4)cc3)cc2C1=O. The highest BCUT2D eigenvalue weighted by atomic mass is 35.5. The Morgan fingerprint density at radius 1 is 1.14 bits per heavy atom. The number of fused-ring (bicyclic) bond motifs is 2. The average Bonchev–Trinajstić information content (AvgIpc) is 3.78. The van der Waals surface area contributed by atoms with Crippen molar-refractivity contribution < 1.29 is 18.7 Å². The summed E-state index contributed by atoms with van der Waals surface area (Å²) < 4.78 is 23.7. The van der Waals surface area contributed by atoms with Crippen LogP contribution < -0.4 is 15.4 Å². The highest BCUT2D eigenvalue weighted by molar-refractivity contribution is 7.13. The molecule has 2 aromatic carbocycles. The lowest BCUT2D eigenvalue weighted by Gasteiger charge is -2.26. The Kier molecular flexibility index (Phi) is 7.98. The highest BCUT2D eigenvalue weighted by Gasteiger charge is 2.42. The first-order valence-corrected chi connectivity index (χ1v) is 14.8. The van der Waals surface area contributed by atoms with E-state index >= 15 is 4.39 Å². The second-order valence-corrected chi connectivity index (χ2v) is 11.5. The Balaban J connectivity index is 0.00000316. The van der Waals surface area contributed by atoms with Crippen LogP contribution in [-0.4, -0.2) is 50.4 Å². The van der Waals surface area contributed by atoms with Crippen molar-refractivity contribution >= 4 is 40.7 Å². The Hall–Kier alpha value is -3.80. The first kappa shape index (κ1) is 28.3. The number of rotatable bonds is 7. The van der Waals surface area contributed by atoms with E-state index < -0.39 is 23.7 Å². The molecule has 5 heterocycles. The first-order chi connectivity index (χ1) is 20.0. The van der Waals surface area contributed by atoms with Crippen LogP contribution >= 0.6 is 23.7 Å². The largest absolute Gasteiger partial charge is 0.490 e. The first-order valence-electron chi connectivity index (χ1n) is 13.9. The fourth-order valence-corrected chi connectivity index (χ4v) is 6.53. The molecule has 4 aromatic rings. The molecule has 0 radical (unpaired) electrons. The molecule has 3 aliphatic heterocycles. The van der Waals surface area contributed by atoms with Crippen LogP contribution in [0.3, 0.4) is 0 Å². The number of carbonyl (C=O) groups is 2. The van der Waals surface area contributed by atoms with Gasteiger partial charge < -0.3 is 19.5 Å². The lowest BCUT2D eigenvalue weighted by molar-refractivity contribution is -0.121. The predicted octanol–water partition coefficient (Wildman–Crippen LogP) is 4.98. The van der Waals surface area contributed by atoms with Gasteiger partial charge in [0.25, 0.3) is 11.8 Å². The van der Waals surface area contributed by atoms with Crippen LogP contribution in [0.1, 0.15) is 52.6 Å². The molecule has 0 aliphatic carbocycles. The minimum Gasteiger partial charge on any atom is -0.490 e. The summed E-state index contributed by atoms with van der Waals surface area (Å²) in [5, 5.41) is 8.35. The third kappa shape index (κ3) is 5.28. The number of hydrogen-bond donors (Lipinski definition) is 2. The van der Waals surface area contributed by atoms with Crippen molar-refractivity contribution in [3.8, 4) is 16.9 Å². The zero-order valence-corrected chi connectivity index (χ0v) is 24.3. The van der Waals surface area contributed by atoms with E-state index in [1.807, 2.05) is 28.8 Å². The summed E-state index contributed by atoms with van der Waals surface area (Å²) in [5.41, 5.74) is 3.38. The van der Waals surface area contributed by atoms with Crippen LogP contribution in [0.15, 0.2) is 54.3 Å². The molecule has 1 unspecified atom stereocenters. The Morgan fingerprint density at radius 3 is 2.71 bits per heavy atom. The molecule has 0 bridgehead atoms. The molecule has 218 valence electrons. The van der Waals surface area contributed by atoms with Gasteiger partial charge in [0.05, 0.1) is 18.6 Å². The third-order valence-corrected chi connectivity index (χ3v) is 8.75. The van der Waals surface area contributed by atoms with Crippen molar-refractivity contribution in [2.75, 3.05) is 18.4 Å². The number of anilines is 1. The number of nitrogens with one attached hydrogen (secondary N) is 2. The minimum absolute atomic E-state index is 0. The molecular formula is C30H30ClFN6O3S. The normalized spacial score (nSPS) is 17.0. The van der Waals surface area contributed by atoms with Gasteiger partial charge in [0.1, 0.15) is 17.7 Å². The zero-order valence-electron chi connectivity index (χ0n) is 22.7. The molecule has 1 saturated heterocycles. The van der Waals surface area contributed by atoms with Crippen molar-refractivity contribution in [3.63, 3.8) is 0 Å². The standard InChI is InChI=1S/C30H29FN6O3S.ClH/c31-24-15-19(18-3-5-20(6-4-18)40-21-7-9-32-10-8-21)14-22-23(24)16-37(29(22)39)27(28(38)35-30-33-11-13-41-30)26-25-2-1-12-36(25)17-34-26;/h3-6,11,13-15,17,21,27,32H,1-2,7-10,12,16H2,(H,33,35,38);1H. The molecule has 1 fully saturated rings. The molecular weight excluding hydrogens is 579 g/mol. The number of thiazole rings is 1. The molecule has 12 heteroatoms. The number of benzene rings is 2. The summed E-state index contributed by atoms with van der Waals surface area (Å²) in [4.78, 5) is 37.6. The molecule has 7 rings (SSSR count). The number of nitrogens with zero attached hydrogens (tertiary/aromatic N) is 4. The summed E-state index contributed by atoms with van der Waals surface area (Å²) in [5.74, 6) is -0.520. The fraction of sp³-hybridized carbons (Fsp3) is 0.333. The lowest BCUT2D eigenvalue weighted by Crippen LogP contribution is -2.38. The molecule has 2 amide bonds. The number of amides is 2. The van der Waals surface area contributed by atoms with Crippen molar-refractivity contribution in [1.29, 1.82) is 0 Å². The Bertz CT molecular complexity index is 1600. The predicted molar refractivity (Wildman–Crippen MR) is 160 cm³/mol. The molecule has 2 aromatic heterocycles. The van der Waals surface area contributed by atoms with Gasteiger partial charge in [-0.1, -0.05) is 12.1 Å². The molecule has 42 heavy (non-hydrogen) atoms. The molecule has 2 N–H and O–H groups in total. The van der Waals surface area contributed by atoms with E-state index in [1.54, 1.807) is 24.0 Å². The van der Waals surface area contributed by atoms with Gasteiger partial charge in [-0.3, -0.25) is 14.9 Å². The van der Waals surface area contributed by atoms with Gasteiger partial charge in [-0.05, 0) is 74.2 Å². The van der Waals surface area contributed by atoms with Crippen LogP contribution in [0.4, 0.5) is 9.52 Å². The summed E-state index contributed by atoms with van der Waals surface area (Å²) in [6.45, 7) is 2.68. The number of aromatic nitrogens is 3. The van der Waals surface area contributed by atoms with E-state index in [1.165, 1.54) is 22.3 Å². The second kappa shape index (κ2) is 11.8. The van der Waals surface area contributed by atoms with E-state index in [-0.39, 0.29) is 36.2 Å². The average molecular weight is 609 g/mol. The number of ether oxygens (including phenoxy) is 1. The number of hydrogen-bond acceptors (Lipinski definition) is 7. The number of halogens is 2. The van der Waals surface area contributed by atoms with Crippen LogP contribution in [0, 0.1) is 5.82 Å². The summed E-state index contributed by atoms with van der Waals surface area (Å²) >= 11 is 1.29. The zero-order chi connectivity index (χ0) is 27.9. The number of carbonyl (C=O) groups excluding carboxylic acids is 2. The van der Waals surface area contributed by atoms with Gasteiger partial charge in [0.15, 0.2) is 11.2 Å². The number of piperidine rings is 1. The molecule has 0 saturated carbocycles. The second-order valence-electron chi connectivity index (χ2n) is 10.6. The van der Waals surface area contributed by atoms with Crippen LogP contribution in [0.2, 0.25) is 0 Å². The van der Waals surface area contributed by atoms with Gasteiger partial charge in [-0.25, -0.2) is 14.4 Å². The molecule has 0 spiro atoms. The fourth-order valence-electron chi connectivity index (χ4n) is 6.00. The Morgan fingerprint density at radius 2 is 1.95 bits per heavy atom. The van der Waals surface area contributed by atoms with Crippen molar-refractivity contribution in [3.05, 3.63) is 82.6 Å². The molecule has 9 nitrogen and oxygen atoms in total. The number of aryl methyl sites for hydroxylation is 1. The van der Waals surface area contributed by atoms with Crippen LogP contribution in [0.5, 0.6) is 5.75 Å². The van der Waals surface area contributed by atoms with Gasteiger partial charge in [0.2, 0.25) is 0 Å². The summed E-state index contributed by atoms with van der Waals surface area (Å²) in [7, 11) is 0. The van der Waals surface area contributed by atoms with Crippen molar-refractivity contribution in [1.82, 2.24) is 24.8 Å². The summed E-state index contributed by atoms with van der Waals surface area (Å²) in [6, 6.07) is 9.70. The maximum Gasteiger partial charge on any atom is 0.255 e. The van der Waals surface area contributed by atoms with E-state index in [0.29, 0.717) is 16.4 Å². The van der Waals surface area contributed by atoms with E-state index in [9.17, 15) is 9.59 Å². The maximum atomic E-state index is 15.6. The van der Waals surface area contributed by atoms with E-state index in [4.69, 9.17) is 4.74 Å². The quantitative estimate of drug-likeness (QED) is 0.307. The van der Waals surface area contributed by atoms with Gasteiger partial charge >= 0.3 is 0 Å². The topological polar surface area (TPSA) is 101 Å². The van der Waals surface area contributed by atoms with Gasteiger partial charge in [-0.2, -0.15) is 0 Å². The van der Waals surface area contributed by atoms with Crippen molar-refractivity contribution in [2.45, 2.75) is 50.9 Å².